The van der Waals surface area contributed by atoms with E-state index < -0.39 is 0 Å². The Balaban J connectivity index is 1.63. The molecule has 2 aliphatic heterocycles. The predicted octanol–water partition coefficient (Wildman–Crippen LogP) is 1.29. The lowest BCUT2D eigenvalue weighted by atomic mass is 10.1. The van der Waals surface area contributed by atoms with Crippen LogP contribution in [0.4, 0.5) is 11.4 Å². The Labute approximate surface area is 140 Å². The Morgan fingerprint density at radius 1 is 1.42 bits per heavy atom. The van der Waals surface area contributed by atoms with Crippen LogP contribution in [0.1, 0.15) is 36.0 Å². The third kappa shape index (κ3) is 3.20. The molecular formula is C17H21N3O4. The number of benzene rings is 1. The number of amides is 2. The fourth-order valence-electron chi connectivity index (χ4n) is 3.21. The minimum Gasteiger partial charge on any atom is -0.469 e. The van der Waals surface area contributed by atoms with E-state index >= 15 is 0 Å². The number of nitrogens with one attached hydrogen (secondary N) is 2. The zero-order valence-electron chi connectivity index (χ0n) is 13.6. The van der Waals surface area contributed by atoms with Crippen molar-refractivity contribution in [3.8, 4) is 0 Å². The molecule has 1 aromatic carbocycles. The van der Waals surface area contributed by atoms with Crippen LogP contribution in [0.5, 0.6) is 0 Å². The van der Waals surface area contributed by atoms with Gasteiger partial charge in [0.1, 0.15) is 6.04 Å². The lowest BCUT2D eigenvalue weighted by molar-refractivity contribution is -0.140. The molecule has 2 aliphatic rings. The number of fused-ring (bicyclic) bond motifs is 3. The molecule has 1 saturated heterocycles. The van der Waals surface area contributed by atoms with Crippen LogP contribution in [-0.2, 0) is 14.3 Å². The van der Waals surface area contributed by atoms with E-state index in [4.69, 9.17) is 0 Å². The van der Waals surface area contributed by atoms with Crippen LogP contribution in [0.2, 0.25) is 0 Å². The van der Waals surface area contributed by atoms with Gasteiger partial charge in [0.05, 0.1) is 18.5 Å². The number of carbonyl (C=O) groups excluding carboxylic acids is 3. The minimum absolute atomic E-state index is 0.00404. The second-order valence-corrected chi connectivity index (χ2v) is 6.01. The third-order valence-corrected chi connectivity index (χ3v) is 4.45. The van der Waals surface area contributed by atoms with E-state index in [-0.39, 0.29) is 30.2 Å². The summed E-state index contributed by atoms with van der Waals surface area (Å²) in [5, 5.41) is 5.66. The maximum absolute atomic E-state index is 12.2. The van der Waals surface area contributed by atoms with Crippen LogP contribution >= 0.6 is 0 Å². The van der Waals surface area contributed by atoms with Crippen LogP contribution < -0.4 is 15.5 Å². The van der Waals surface area contributed by atoms with Gasteiger partial charge in [-0.3, -0.25) is 14.4 Å². The molecule has 24 heavy (non-hydrogen) atoms. The fourth-order valence-corrected chi connectivity index (χ4v) is 3.21. The molecular weight excluding hydrogens is 310 g/mol. The van der Waals surface area contributed by atoms with E-state index in [0.29, 0.717) is 24.2 Å². The molecule has 0 bridgehead atoms. The summed E-state index contributed by atoms with van der Waals surface area (Å²) in [4.78, 5) is 37.5. The molecule has 0 saturated carbocycles. The van der Waals surface area contributed by atoms with Gasteiger partial charge in [-0.25, -0.2) is 0 Å². The molecule has 0 radical (unpaired) electrons. The summed E-state index contributed by atoms with van der Waals surface area (Å²) in [6, 6.07) is 5.27. The number of hydrogen-bond donors (Lipinski definition) is 2. The summed E-state index contributed by atoms with van der Waals surface area (Å²) in [6.45, 7) is 1.26. The second kappa shape index (κ2) is 6.90. The highest BCUT2D eigenvalue weighted by Crippen LogP contribution is 2.37. The monoisotopic (exact) mass is 331 g/mol. The van der Waals surface area contributed by atoms with Crippen molar-refractivity contribution in [2.45, 2.75) is 31.7 Å². The Bertz CT molecular complexity index is 674. The van der Waals surface area contributed by atoms with Gasteiger partial charge in [0.25, 0.3) is 5.91 Å². The van der Waals surface area contributed by atoms with Crippen molar-refractivity contribution in [3.63, 3.8) is 0 Å². The highest BCUT2D eigenvalue weighted by molar-refractivity contribution is 6.06. The lowest BCUT2D eigenvalue weighted by Crippen LogP contribution is -2.44. The highest BCUT2D eigenvalue weighted by Gasteiger charge is 2.36. The molecule has 1 aromatic rings. The van der Waals surface area contributed by atoms with Crippen molar-refractivity contribution in [2.24, 2.45) is 0 Å². The molecule has 0 aromatic heterocycles. The third-order valence-electron chi connectivity index (χ3n) is 4.45. The van der Waals surface area contributed by atoms with Gasteiger partial charge in [-0.2, -0.15) is 0 Å². The van der Waals surface area contributed by atoms with Gasteiger partial charge in [-0.15, -0.1) is 0 Å². The molecule has 2 amide bonds. The molecule has 2 heterocycles. The molecule has 0 unspecified atom stereocenters. The first-order valence-corrected chi connectivity index (χ1v) is 8.16. The Kier molecular flexibility index (Phi) is 4.69. The number of ether oxygens (including phenoxy) is 1. The quantitative estimate of drug-likeness (QED) is 0.627. The number of methoxy groups -OCH3 is 1. The van der Waals surface area contributed by atoms with Gasteiger partial charge in [0.2, 0.25) is 5.91 Å². The van der Waals surface area contributed by atoms with E-state index in [0.717, 1.165) is 25.1 Å². The van der Waals surface area contributed by atoms with Crippen molar-refractivity contribution >= 4 is 29.2 Å². The average molecular weight is 331 g/mol. The summed E-state index contributed by atoms with van der Waals surface area (Å²) >= 11 is 0. The van der Waals surface area contributed by atoms with Crippen LogP contribution in [0.3, 0.4) is 0 Å². The van der Waals surface area contributed by atoms with Crippen LogP contribution in [0, 0.1) is 0 Å². The standard InChI is InChI=1S/C17H21N3O4/c1-24-15(21)5-2-8-18-16(22)11-6-7-13-12(10-11)19-17(23)14-4-3-9-20(13)14/h6-7,10,14H,2-5,8-9H2,1H3,(H,18,22)(H,19,23)/t14-/m1/s1. The van der Waals surface area contributed by atoms with Crippen molar-refractivity contribution in [2.75, 3.05) is 30.4 Å². The van der Waals surface area contributed by atoms with Gasteiger partial charge in [-0.05, 0) is 37.5 Å². The number of rotatable bonds is 5. The van der Waals surface area contributed by atoms with E-state index in [1.54, 1.807) is 12.1 Å². The van der Waals surface area contributed by atoms with Crippen molar-refractivity contribution < 1.29 is 19.1 Å². The Hall–Kier alpha value is -2.57. The molecule has 3 rings (SSSR count). The summed E-state index contributed by atoms with van der Waals surface area (Å²) in [6.07, 6.45) is 2.66. The number of nitrogens with zero attached hydrogens (tertiary/aromatic N) is 1. The average Bonchev–Trinajstić information content (AvgIpc) is 3.08. The maximum Gasteiger partial charge on any atom is 0.305 e. The zero-order chi connectivity index (χ0) is 17.1. The van der Waals surface area contributed by atoms with Gasteiger partial charge in [0, 0.05) is 25.1 Å². The van der Waals surface area contributed by atoms with Gasteiger partial charge in [-0.1, -0.05) is 0 Å². The smallest absolute Gasteiger partial charge is 0.305 e. The first kappa shape index (κ1) is 16.3. The minimum atomic E-state index is -0.291. The molecule has 1 atom stereocenters. The molecule has 2 N–H and O–H groups in total. The fraction of sp³-hybridized carbons (Fsp3) is 0.471. The van der Waals surface area contributed by atoms with Crippen LogP contribution in [0.15, 0.2) is 18.2 Å². The summed E-state index contributed by atoms with van der Waals surface area (Å²) in [5.74, 6) is -0.517. The molecule has 7 nitrogen and oxygen atoms in total. The molecule has 0 aliphatic carbocycles. The largest absolute Gasteiger partial charge is 0.469 e. The normalized spacial score (nSPS) is 18.5. The van der Waals surface area contributed by atoms with Crippen molar-refractivity contribution in [1.29, 1.82) is 0 Å². The SMILES string of the molecule is COC(=O)CCCNC(=O)c1ccc2c(c1)NC(=O)[C@H]1CCCN21. The van der Waals surface area contributed by atoms with Gasteiger partial charge in [0.15, 0.2) is 0 Å². The maximum atomic E-state index is 12.2. The van der Waals surface area contributed by atoms with Crippen LogP contribution in [-0.4, -0.2) is 44.0 Å². The zero-order valence-corrected chi connectivity index (χ0v) is 13.6. The second-order valence-electron chi connectivity index (χ2n) is 6.01. The van der Waals surface area contributed by atoms with Crippen molar-refractivity contribution in [1.82, 2.24) is 5.32 Å². The van der Waals surface area contributed by atoms with E-state index in [2.05, 4.69) is 20.3 Å². The highest BCUT2D eigenvalue weighted by atomic mass is 16.5. The van der Waals surface area contributed by atoms with Crippen molar-refractivity contribution in [3.05, 3.63) is 23.8 Å². The number of hydrogen-bond acceptors (Lipinski definition) is 5. The molecule has 128 valence electrons. The van der Waals surface area contributed by atoms with E-state index in [1.807, 2.05) is 6.07 Å². The number of carbonyl (C=O) groups is 3. The first-order valence-electron chi connectivity index (χ1n) is 8.16. The van der Waals surface area contributed by atoms with Gasteiger partial charge < -0.3 is 20.3 Å². The van der Waals surface area contributed by atoms with E-state index in [9.17, 15) is 14.4 Å². The molecule has 0 spiro atoms. The van der Waals surface area contributed by atoms with Crippen LogP contribution in [0.25, 0.3) is 0 Å². The summed E-state index contributed by atoms with van der Waals surface area (Å²) in [7, 11) is 1.34. The molecule has 1 fully saturated rings. The van der Waals surface area contributed by atoms with Gasteiger partial charge >= 0.3 is 5.97 Å². The number of esters is 1. The topological polar surface area (TPSA) is 87.7 Å². The summed E-state index contributed by atoms with van der Waals surface area (Å²) in [5.41, 5.74) is 2.14. The first-order chi connectivity index (χ1) is 11.6. The van der Waals surface area contributed by atoms with E-state index in [1.165, 1.54) is 7.11 Å². The number of anilines is 2. The lowest BCUT2D eigenvalue weighted by Gasteiger charge is -2.33. The Morgan fingerprint density at radius 2 is 2.25 bits per heavy atom. The molecule has 7 heteroatoms. The summed E-state index contributed by atoms with van der Waals surface area (Å²) < 4.78 is 4.55. The predicted molar refractivity (Wildman–Crippen MR) is 89.0 cm³/mol. The Morgan fingerprint density at radius 3 is 3.04 bits per heavy atom.